The minimum Gasteiger partial charge on any atom is -0.396 e. The molecule has 20 heavy (non-hydrogen) atoms. The zero-order valence-electron chi connectivity index (χ0n) is 12.3. The summed E-state index contributed by atoms with van der Waals surface area (Å²) in [5, 5.41) is 7.01. The van der Waals surface area contributed by atoms with E-state index in [1.807, 2.05) is 26.0 Å². The van der Waals surface area contributed by atoms with E-state index in [0.29, 0.717) is 5.69 Å². The zero-order valence-corrected chi connectivity index (χ0v) is 12.3. The molecule has 0 saturated heterocycles. The van der Waals surface area contributed by atoms with Crippen molar-refractivity contribution in [2.45, 2.75) is 26.8 Å². The molecule has 1 aromatic heterocycles. The molecular weight excluding hydrogens is 252 g/mol. The van der Waals surface area contributed by atoms with Gasteiger partial charge in [0.15, 0.2) is 5.69 Å². The molecule has 1 aromatic carbocycles. The Balaban J connectivity index is 2.17. The van der Waals surface area contributed by atoms with Gasteiger partial charge < -0.3 is 11.1 Å². The first kappa shape index (κ1) is 14.1. The third-order valence-corrected chi connectivity index (χ3v) is 3.31. The van der Waals surface area contributed by atoms with E-state index in [1.165, 1.54) is 10.2 Å². The maximum absolute atomic E-state index is 12.2. The van der Waals surface area contributed by atoms with Crippen LogP contribution in [-0.2, 0) is 7.05 Å². The Kier molecular flexibility index (Phi) is 3.79. The van der Waals surface area contributed by atoms with E-state index in [-0.39, 0.29) is 17.6 Å². The molecule has 5 heteroatoms. The maximum Gasteiger partial charge on any atom is 0.274 e. The molecule has 1 amide bonds. The number of rotatable bonds is 3. The van der Waals surface area contributed by atoms with Gasteiger partial charge in [0.25, 0.3) is 5.91 Å². The number of nitrogens with zero attached hydrogens (tertiary/aromatic N) is 2. The monoisotopic (exact) mass is 272 g/mol. The van der Waals surface area contributed by atoms with Crippen molar-refractivity contribution in [3.8, 4) is 0 Å². The van der Waals surface area contributed by atoms with E-state index < -0.39 is 0 Å². The molecule has 2 aromatic rings. The molecule has 0 aliphatic carbocycles. The Bertz CT molecular complexity index is 645. The summed E-state index contributed by atoms with van der Waals surface area (Å²) in [6, 6.07) is 6.09. The molecule has 1 atom stereocenters. The highest BCUT2D eigenvalue weighted by Crippen LogP contribution is 2.19. The van der Waals surface area contributed by atoms with Gasteiger partial charge in [-0.3, -0.25) is 9.48 Å². The summed E-state index contributed by atoms with van der Waals surface area (Å²) in [4.78, 5) is 12.2. The lowest BCUT2D eigenvalue weighted by Gasteiger charge is -2.16. The van der Waals surface area contributed by atoms with E-state index in [2.05, 4.69) is 23.4 Å². The van der Waals surface area contributed by atoms with Gasteiger partial charge in [-0.15, -0.1) is 0 Å². The summed E-state index contributed by atoms with van der Waals surface area (Å²) in [5.41, 5.74) is 9.88. The largest absolute Gasteiger partial charge is 0.396 e. The van der Waals surface area contributed by atoms with Crippen LogP contribution >= 0.6 is 0 Å². The fraction of sp³-hybridized carbons (Fsp3) is 0.333. The summed E-state index contributed by atoms with van der Waals surface area (Å²) in [6.45, 7) is 6.05. The van der Waals surface area contributed by atoms with Crippen LogP contribution in [0.5, 0.6) is 0 Å². The molecule has 1 unspecified atom stereocenters. The number of nitrogens with two attached hydrogens (primary N) is 1. The molecule has 3 N–H and O–H groups in total. The molecule has 0 bridgehead atoms. The first-order valence-electron chi connectivity index (χ1n) is 6.55. The van der Waals surface area contributed by atoms with Crippen molar-refractivity contribution >= 4 is 11.6 Å². The van der Waals surface area contributed by atoms with Crippen LogP contribution in [0.1, 0.15) is 40.1 Å². The van der Waals surface area contributed by atoms with Crippen molar-refractivity contribution in [2.24, 2.45) is 7.05 Å². The van der Waals surface area contributed by atoms with E-state index in [9.17, 15) is 4.79 Å². The third kappa shape index (κ3) is 2.82. The van der Waals surface area contributed by atoms with E-state index in [1.54, 1.807) is 13.2 Å². The van der Waals surface area contributed by atoms with Crippen molar-refractivity contribution in [3.63, 3.8) is 0 Å². The van der Waals surface area contributed by atoms with Crippen LogP contribution in [0.25, 0.3) is 0 Å². The molecule has 0 spiro atoms. The zero-order chi connectivity index (χ0) is 14.9. The molecule has 1 heterocycles. The Morgan fingerprint density at radius 1 is 1.40 bits per heavy atom. The number of amides is 1. The number of nitrogens with one attached hydrogen (secondary N) is 1. The van der Waals surface area contributed by atoms with Crippen molar-refractivity contribution in [1.29, 1.82) is 0 Å². The lowest BCUT2D eigenvalue weighted by atomic mass is 10.0. The number of carbonyl (C=O) groups is 1. The van der Waals surface area contributed by atoms with Gasteiger partial charge in [-0.1, -0.05) is 23.8 Å². The van der Waals surface area contributed by atoms with E-state index in [0.717, 1.165) is 11.1 Å². The normalized spacial score (nSPS) is 12.2. The van der Waals surface area contributed by atoms with Crippen molar-refractivity contribution in [2.75, 3.05) is 5.73 Å². The second-order valence-corrected chi connectivity index (χ2v) is 5.16. The van der Waals surface area contributed by atoms with Crippen LogP contribution < -0.4 is 11.1 Å². The average Bonchev–Trinajstić information content (AvgIpc) is 2.68. The van der Waals surface area contributed by atoms with Crippen LogP contribution in [0.4, 0.5) is 5.69 Å². The van der Waals surface area contributed by atoms with Crippen LogP contribution in [0, 0.1) is 13.8 Å². The summed E-state index contributed by atoms with van der Waals surface area (Å²) < 4.78 is 1.53. The van der Waals surface area contributed by atoms with Gasteiger partial charge in [-0.25, -0.2) is 0 Å². The lowest BCUT2D eigenvalue weighted by molar-refractivity contribution is 0.0935. The summed E-state index contributed by atoms with van der Waals surface area (Å²) in [5.74, 6) is -0.254. The smallest absolute Gasteiger partial charge is 0.274 e. The first-order valence-corrected chi connectivity index (χ1v) is 6.55. The number of benzene rings is 1. The number of nitrogen functional groups attached to an aromatic ring is 1. The van der Waals surface area contributed by atoms with Gasteiger partial charge in [0.2, 0.25) is 0 Å². The molecule has 0 saturated carbocycles. The Morgan fingerprint density at radius 3 is 2.65 bits per heavy atom. The SMILES string of the molecule is Cc1ccc(C(C)NC(=O)c2nn(C)cc2N)c(C)c1. The predicted molar refractivity (Wildman–Crippen MR) is 79.4 cm³/mol. The van der Waals surface area contributed by atoms with E-state index in [4.69, 9.17) is 5.73 Å². The predicted octanol–water partition coefficient (Wildman–Crippen LogP) is 2.11. The topological polar surface area (TPSA) is 72.9 Å². The minimum atomic E-state index is -0.254. The molecule has 2 rings (SSSR count). The van der Waals surface area contributed by atoms with Gasteiger partial charge in [0.05, 0.1) is 11.7 Å². The van der Waals surface area contributed by atoms with E-state index >= 15 is 0 Å². The van der Waals surface area contributed by atoms with Crippen LogP contribution in [0.2, 0.25) is 0 Å². The van der Waals surface area contributed by atoms with Crippen LogP contribution in [-0.4, -0.2) is 15.7 Å². The van der Waals surface area contributed by atoms with Gasteiger partial charge in [0.1, 0.15) is 0 Å². The number of anilines is 1. The lowest BCUT2D eigenvalue weighted by Crippen LogP contribution is -2.28. The Morgan fingerprint density at radius 2 is 2.10 bits per heavy atom. The number of hydrogen-bond donors (Lipinski definition) is 2. The van der Waals surface area contributed by atoms with Gasteiger partial charge in [-0.05, 0) is 31.9 Å². The fourth-order valence-corrected chi connectivity index (χ4v) is 2.34. The average molecular weight is 272 g/mol. The van der Waals surface area contributed by atoms with Crippen LogP contribution in [0.15, 0.2) is 24.4 Å². The second kappa shape index (κ2) is 5.36. The highest BCUT2D eigenvalue weighted by Gasteiger charge is 2.17. The third-order valence-electron chi connectivity index (χ3n) is 3.31. The number of carbonyl (C=O) groups excluding carboxylic acids is 1. The number of hydrogen-bond acceptors (Lipinski definition) is 3. The number of aryl methyl sites for hydroxylation is 3. The molecule has 5 nitrogen and oxygen atoms in total. The molecule has 106 valence electrons. The summed E-state index contributed by atoms with van der Waals surface area (Å²) in [7, 11) is 1.74. The highest BCUT2D eigenvalue weighted by molar-refractivity contribution is 5.97. The first-order chi connectivity index (χ1) is 9.38. The molecule has 0 radical (unpaired) electrons. The molecule has 0 aliphatic heterocycles. The van der Waals surface area contributed by atoms with Gasteiger partial charge >= 0.3 is 0 Å². The summed E-state index contributed by atoms with van der Waals surface area (Å²) in [6.07, 6.45) is 1.62. The minimum absolute atomic E-state index is 0.0930. The quantitative estimate of drug-likeness (QED) is 0.898. The molecule has 0 aliphatic rings. The van der Waals surface area contributed by atoms with Crippen LogP contribution in [0.3, 0.4) is 0 Å². The highest BCUT2D eigenvalue weighted by atomic mass is 16.2. The van der Waals surface area contributed by atoms with Gasteiger partial charge in [0, 0.05) is 13.2 Å². The number of aromatic nitrogens is 2. The second-order valence-electron chi connectivity index (χ2n) is 5.16. The van der Waals surface area contributed by atoms with Gasteiger partial charge in [-0.2, -0.15) is 5.10 Å². The molecular formula is C15H20N4O. The maximum atomic E-state index is 12.2. The van der Waals surface area contributed by atoms with Crippen molar-refractivity contribution < 1.29 is 4.79 Å². The summed E-state index contributed by atoms with van der Waals surface area (Å²) >= 11 is 0. The standard InChI is InChI=1S/C15H20N4O/c1-9-5-6-12(10(2)7-9)11(3)17-15(20)14-13(16)8-19(4)18-14/h5-8,11H,16H2,1-4H3,(H,17,20). The molecule has 0 fully saturated rings. The Labute approximate surface area is 118 Å². The van der Waals surface area contributed by atoms with Crippen molar-refractivity contribution in [3.05, 3.63) is 46.8 Å². The van der Waals surface area contributed by atoms with Crippen molar-refractivity contribution in [1.82, 2.24) is 15.1 Å². The fourth-order valence-electron chi connectivity index (χ4n) is 2.34. The Hall–Kier alpha value is -2.30.